The molecule has 0 aliphatic carbocycles. The molecule has 1 aromatic carbocycles. The van der Waals surface area contributed by atoms with Crippen molar-refractivity contribution >= 4 is 10.0 Å². The van der Waals surface area contributed by atoms with Gasteiger partial charge in [0.1, 0.15) is 0 Å². The second kappa shape index (κ2) is 5.71. The van der Waals surface area contributed by atoms with Crippen molar-refractivity contribution in [2.24, 2.45) is 5.73 Å². The average Bonchev–Trinajstić information content (AvgIpc) is 2.36. The molecule has 118 valence electrons. The van der Waals surface area contributed by atoms with Gasteiger partial charge in [-0.05, 0) is 69.7 Å². The summed E-state index contributed by atoms with van der Waals surface area (Å²) in [5, 5.41) is 0. The smallest absolute Gasteiger partial charge is 0.243 e. The predicted octanol–water partition coefficient (Wildman–Crippen LogP) is 2.42. The molecule has 1 aromatic rings. The lowest BCUT2D eigenvalue weighted by atomic mass is 10.0. The van der Waals surface area contributed by atoms with E-state index in [1.807, 2.05) is 34.6 Å². The van der Waals surface area contributed by atoms with Crippen molar-refractivity contribution in [2.45, 2.75) is 64.4 Å². The summed E-state index contributed by atoms with van der Waals surface area (Å²) in [4.78, 5) is 0.488. The van der Waals surface area contributed by atoms with Gasteiger partial charge in [0.15, 0.2) is 0 Å². The summed E-state index contributed by atoms with van der Waals surface area (Å²) in [5.41, 5.74) is 9.73. The van der Waals surface area contributed by atoms with Gasteiger partial charge in [0.2, 0.25) is 10.0 Å². The number of piperidine rings is 1. The van der Waals surface area contributed by atoms with Crippen molar-refractivity contribution in [3.8, 4) is 0 Å². The highest BCUT2D eigenvalue weighted by atomic mass is 32.2. The maximum atomic E-state index is 13.1. The molecule has 1 saturated heterocycles. The molecule has 0 bridgehead atoms. The average molecular weight is 310 g/mol. The van der Waals surface area contributed by atoms with E-state index in [9.17, 15) is 8.42 Å². The van der Waals surface area contributed by atoms with E-state index < -0.39 is 10.0 Å². The van der Waals surface area contributed by atoms with Crippen LogP contribution in [0.2, 0.25) is 0 Å². The molecule has 5 heteroatoms. The topological polar surface area (TPSA) is 63.4 Å². The van der Waals surface area contributed by atoms with Crippen LogP contribution in [0.4, 0.5) is 0 Å². The van der Waals surface area contributed by atoms with Gasteiger partial charge in [0, 0.05) is 18.6 Å². The van der Waals surface area contributed by atoms with E-state index in [1.54, 1.807) is 4.31 Å². The van der Waals surface area contributed by atoms with Crippen LogP contribution in [-0.4, -0.2) is 31.4 Å². The zero-order valence-electron chi connectivity index (χ0n) is 13.6. The van der Waals surface area contributed by atoms with Gasteiger partial charge >= 0.3 is 0 Å². The Bertz CT molecular complexity index is 626. The monoisotopic (exact) mass is 310 g/mol. The number of sulfonamides is 1. The molecule has 0 radical (unpaired) electrons. The third-order valence-corrected chi connectivity index (χ3v) is 7.01. The van der Waals surface area contributed by atoms with E-state index in [1.165, 1.54) is 0 Å². The summed E-state index contributed by atoms with van der Waals surface area (Å²) in [6.45, 7) is 10.2. The number of benzene rings is 1. The van der Waals surface area contributed by atoms with Crippen LogP contribution in [0.5, 0.6) is 0 Å². The lowest BCUT2D eigenvalue weighted by Crippen LogP contribution is -2.48. The van der Waals surface area contributed by atoms with Crippen LogP contribution in [0.3, 0.4) is 0 Å². The lowest BCUT2D eigenvalue weighted by Gasteiger charge is -2.36. The van der Waals surface area contributed by atoms with Crippen molar-refractivity contribution < 1.29 is 8.42 Å². The maximum absolute atomic E-state index is 13.1. The first kappa shape index (κ1) is 16.5. The number of rotatable bonds is 2. The fraction of sp³-hybridized carbons (Fsp3) is 0.625. The first-order valence-corrected chi connectivity index (χ1v) is 8.95. The van der Waals surface area contributed by atoms with E-state index in [0.717, 1.165) is 35.1 Å². The second-order valence-corrected chi connectivity index (χ2v) is 8.17. The molecule has 0 aromatic heterocycles. The molecular weight excluding hydrogens is 284 g/mol. The van der Waals surface area contributed by atoms with Crippen LogP contribution in [0.1, 0.15) is 42.0 Å². The Morgan fingerprint density at radius 1 is 1.14 bits per heavy atom. The van der Waals surface area contributed by atoms with Gasteiger partial charge in [0.05, 0.1) is 4.90 Å². The van der Waals surface area contributed by atoms with Crippen LogP contribution < -0.4 is 5.73 Å². The normalized spacial score (nSPS) is 24.3. The maximum Gasteiger partial charge on any atom is 0.243 e. The van der Waals surface area contributed by atoms with Gasteiger partial charge in [0.25, 0.3) is 0 Å². The van der Waals surface area contributed by atoms with Crippen molar-refractivity contribution in [3.63, 3.8) is 0 Å². The van der Waals surface area contributed by atoms with Crippen LogP contribution >= 0.6 is 0 Å². The first-order valence-electron chi connectivity index (χ1n) is 7.51. The Morgan fingerprint density at radius 3 is 2.14 bits per heavy atom. The minimum Gasteiger partial charge on any atom is -0.328 e. The van der Waals surface area contributed by atoms with Crippen molar-refractivity contribution in [3.05, 3.63) is 28.3 Å². The predicted molar refractivity (Wildman–Crippen MR) is 86.0 cm³/mol. The highest BCUT2D eigenvalue weighted by molar-refractivity contribution is 7.89. The molecule has 2 N–H and O–H groups in total. The van der Waals surface area contributed by atoms with Gasteiger partial charge in [-0.2, -0.15) is 4.31 Å². The van der Waals surface area contributed by atoms with Crippen LogP contribution in [0.15, 0.2) is 11.0 Å². The second-order valence-electron chi connectivity index (χ2n) is 6.34. The van der Waals surface area contributed by atoms with Crippen LogP contribution in [0, 0.1) is 27.7 Å². The van der Waals surface area contributed by atoms with Crippen LogP contribution in [-0.2, 0) is 10.0 Å². The number of hydrogen-bond donors (Lipinski definition) is 1. The lowest BCUT2D eigenvalue weighted by molar-refractivity contribution is 0.247. The highest BCUT2D eigenvalue weighted by Crippen LogP contribution is 2.31. The summed E-state index contributed by atoms with van der Waals surface area (Å²) < 4.78 is 27.9. The molecule has 21 heavy (non-hydrogen) atoms. The molecule has 2 rings (SSSR count). The fourth-order valence-electron chi connectivity index (χ4n) is 3.23. The summed E-state index contributed by atoms with van der Waals surface area (Å²) in [6.07, 6.45) is 1.45. The van der Waals surface area contributed by atoms with Crippen molar-refractivity contribution in [2.75, 3.05) is 6.54 Å². The first-order chi connectivity index (χ1) is 9.66. The third kappa shape index (κ3) is 2.87. The Kier molecular flexibility index (Phi) is 4.47. The highest BCUT2D eigenvalue weighted by Gasteiger charge is 2.35. The van der Waals surface area contributed by atoms with E-state index >= 15 is 0 Å². The quantitative estimate of drug-likeness (QED) is 0.912. The number of nitrogens with zero attached hydrogens (tertiary/aromatic N) is 1. The Morgan fingerprint density at radius 2 is 1.67 bits per heavy atom. The van der Waals surface area contributed by atoms with Gasteiger partial charge in [-0.15, -0.1) is 0 Å². The van der Waals surface area contributed by atoms with Gasteiger partial charge < -0.3 is 5.73 Å². The summed E-state index contributed by atoms with van der Waals surface area (Å²) >= 11 is 0. The third-order valence-electron chi connectivity index (χ3n) is 4.72. The molecule has 2 atom stereocenters. The molecular formula is C16H26N2O2S. The van der Waals surface area contributed by atoms with Gasteiger partial charge in [-0.1, -0.05) is 6.07 Å². The molecule has 1 aliphatic rings. The summed E-state index contributed by atoms with van der Waals surface area (Å²) in [6, 6.07) is 2.12. The summed E-state index contributed by atoms with van der Waals surface area (Å²) in [5.74, 6) is 0. The van der Waals surface area contributed by atoms with E-state index in [-0.39, 0.29) is 12.1 Å². The zero-order chi connectivity index (χ0) is 15.9. The van der Waals surface area contributed by atoms with Crippen molar-refractivity contribution in [1.29, 1.82) is 0 Å². The van der Waals surface area contributed by atoms with Gasteiger partial charge in [-0.3, -0.25) is 0 Å². The molecule has 4 nitrogen and oxygen atoms in total. The number of aryl methyl sites for hydroxylation is 2. The Labute approximate surface area is 128 Å². The molecule has 2 unspecified atom stereocenters. The molecule has 1 aliphatic heterocycles. The van der Waals surface area contributed by atoms with Gasteiger partial charge in [-0.25, -0.2) is 8.42 Å². The molecule has 1 fully saturated rings. The van der Waals surface area contributed by atoms with E-state index in [0.29, 0.717) is 11.4 Å². The molecule has 0 saturated carbocycles. The molecule has 0 spiro atoms. The number of hydrogen-bond acceptors (Lipinski definition) is 3. The largest absolute Gasteiger partial charge is 0.328 e. The standard InChI is InChI=1S/C16H26N2O2S/c1-10-8-11(2)14(5)16(13(10)4)21(19,20)18-7-6-15(17)9-12(18)3/h8,12,15H,6-7,9,17H2,1-5H3. The molecule has 1 heterocycles. The minimum absolute atomic E-state index is 0.0432. The van der Waals surface area contributed by atoms with Crippen LogP contribution in [0.25, 0.3) is 0 Å². The Hall–Kier alpha value is -0.910. The van der Waals surface area contributed by atoms with Crippen molar-refractivity contribution in [1.82, 2.24) is 4.31 Å². The minimum atomic E-state index is -3.46. The van der Waals surface area contributed by atoms with E-state index in [4.69, 9.17) is 5.73 Å². The Balaban J connectivity index is 2.55. The van der Waals surface area contributed by atoms with E-state index in [2.05, 4.69) is 6.07 Å². The fourth-order valence-corrected chi connectivity index (χ4v) is 5.46. The SMILES string of the molecule is Cc1cc(C)c(C)c(S(=O)(=O)N2CCC(N)CC2C)c1C. The summed E-state index contributed by atoms with van der Waals surface area (Å²) in [7, 11) is -3.46. The number of nitrogens with two attached hydrogens (primary N) is 1. The molecule has 0 amide bonds. The zero-order valence-corrected chi connectivity index (χ0v) is 14.4.